The number of hydrogen-bond donors (Lipinski definition) is 2. The fourth-order valence-electron chi connectivity index (χ4n) is 4.15. The fourth-order valence-corrected chi connectivity index (χ4v) is 4.15. The quantitative estimate of drug-likeness (QED) is 0.311. The zero-order valence-corrected chi connectivity index (χ0v) is 22.4. The van der Waals surface area contributed by atoms with Crippen molar-refractivity contribution in [2.75, 3.05) is 19.4 Å². The number of anilines is 1. The van der Waals surface area contributed by atoms with Gasteiger partial charge in [-0.05, 0) is 62.8 Å². The lowest BCUT2D eigenvalue weighted by Crippen LogP contribution is -2.27. The summed E-state index contributed by atoms with van der Waals surface area (Å²) in [5.41, 5.74) is 4.21. The van der Waals surface area contributed by atoms with E-state index in [1.807, 2.05) is 27.7 Å². The molecule has 0 spiro atoms. The third-order valence-electron chi connectivity index (χ3n) is 6.29. The SMILES string of the molecule is Cc1c(Cn2c(C)ccc(NC(=O)CCC/C=C/C(=O)N(C)C)c2=O)[nH]c2c(CC(C)C)c(F)cnc12. The summed E-state index contributed by atoms with van der Waals surface area (Å²) in [7, 11) is 3.35. The number of fused-ring (bicyclic) bond motifs is 1. The monoisotopic (exact) mass is 509 g/mol. The Morgan fingerprint density at radius 3 is 2.65 bits per heavy atom. The largest absolute Gasteiger partial charge is 0.355 e. The number of amides is 2. The molecular weight excluding hydrogens is 473 g/mol. The summed E-state index contributed by atoms with van der Waals surface area (Å²) < 4.78 is 16.1. The predicted molar refractivity (Wildman–Crippen MR) is 144 cm³/mol. The normalized spacial score (nSPS) is 11.6. The van der Waals surface area contributed by atoms with E-state index in [2.05, 4.69) is 15.3 Å². The summed E-state index contributed by atoms with van der Waals surface area (Å²) in [6.45, 7) is 8.05. The third-order valence-corrected chi connectivity index (χ3v) is 6.29. The molecule has 3 rings (SSSR count). The highest BCUT2D eigenvalue weighted by molar-refractivity contribution is 5.90. The van der Waals surface area contributed by atoms with Crippen LogP contribution in [0.1, 0.15) is 55.6 Å². The number of allylic oxidation sites excluding steroid dienone is 1. The number of pyridine rings is 2. The number of H-pyrrole nitrogens is 1. The van der Waals surface area contributed by atoms with Gasteiger partial charge in [-0.2, -0.15) is 0 Å². The molecule has 0 aliphatic heterocycles. The van der Waals surface area contributed by atoms with E-state index in [0.717, 1.165) is 17.0 Å². The Bertz CT molecular complexity index is 1380. The fraction of sp³-hybridized carbons (Fsp3) is 0.429. The first-order chi connectivity index (χ1) is 17.5. The van der Waals surface area contributed by atoms with Gasteiger partial charge in [-0.15, -0.1) is 0 Å². The number of aromatic amines is 1. The number of carbonyl (C=O) groups is 2. The Morgan fingerprint density at radius 2 is 1.97 bits per heavy atom. The van der Waals surface area contributed by atoms with Crippen molar-refractivity contribution in [3.05, 3.63) is 69.2 Å². The zero-order chi connectivity index (χ0) is 27.3. The van der Waals surface area contributed by atoms with Crippen LogP contribution >= 0.6 is 0 Å². The lowest BCUT2D eigenvalue weighted by atomic mass is 10.0. The van der Waals surface area contributed by atoms with Crippen molar-refractivity contribution in [1.29, 1.82) is 0 Å². The van der Waals surface area contributed by atoms with Crippen LogP contribution in [-0.4, -0.2) is 45.3 Å². The summed E-state index contributed by atoms with van der Waals surface area (Å²) in [5.74, 6) is -0.438. The highest BCUT2D eigenvalue weighted by Gasteiger charge is 2.18. The van der Waals surface area contributed by atoms with Gasteiger partial charge in [-0.3, -0.25) is 19.4 Å². The second-order valence-corrected chi connectivity index (χ2v) is 9.99. The first-order valence-electron chi connectivity index (χ1n) is 12.5. The summed E-state index contributed by atoms with van der Waals surface area (Å²) in [6, 6.07) is 3.39. The van der Waals surface area contributed by atoms with Gasteiger partial charge in [0.15, 0.2) is 0 Å². The smallest absolute Gasteiger partial charge is 0.274 e. The number of nitrogens with zero attached hydrogens (tertiary/aromatic N) is 3. The van der Waals surface area contributed by atoms with Crippen LogP contribution < -0.4 is 10.9 Å². The van der Waals surface area contributed by atoms with Gasteiger partial charge in [0, 0.05) is 37.5 Å². The first kappa shape index (κ1) is 27.8. The van der Waals surface area contributed by atoms with Crippen LogP contribution in [0.3, 0.4) is 0 Å². The summed E-state index contributed by atoms with van der Waals surface area (Å²) in [5, 5.41) is 2.72. The van der Waals surface area contributed by atoms with Crippen LogP contribution in [0.5, 0.6) is 0 Å². The van der Waals surface area contributed by atoms with E-state index < -0.39 is 0 Å². The number of halogens is 1. The number of likely N-dealkylation sites (N-methyl/N-ethyl adjacent to an activating group) is 1. The lowest BCUT2D eigenvalue weighted by molar-refractivity contribution is -0.123. The molecule has 0 aliphatic rings. The summed E-state index contributed by atoms with van der Waals surface area (Å²) >= 11 is 0. The minimum atomic E-state index is -0.341. The average Bonchev–Trinajstić information content (AvgIpc) is 3.15. The predicted octanol–water partition coefficient (Wildman–Crippen LogP) is 4.48. The van der Waals surface area contributed by atoms with Crippen molar-refractivity contribution in [1.82, 2.24) is 19.4 Å². The highest BCUT2D eigenvalue weighted by atomic mass is 19.1. The van der Waals surface area contributed by atoms with Gasteiger partial charge in [-0.1, -0.05) is 19.9 Å². The van der Waals surface area contributed by atoms with Crippen LogP contribution in [0, 0.1) is 25.6 Å². The molecule has 0 bridgehead atoms. The Labute approximate surface area is 216 Å². The molecule has 0 fully saturated rings. The van der Waals surface area contributed by atoms with Crippen molar-refractivity contribution < 1.29 is 14.0 Å². The molecule has 3 aromatic rings. The Hall–Kier alpha value is -3.75. The van der Waals surface area contributed by atoms with Crippen LogP contribution in [0.2, 0.25) is 0 Å². The molecule has 0 aromatic carbocycles. The van der Waals surface area contributed by atoms with Gasteiger partial charge in [0.05, 0.1) is 23.8 Å². The van der Waals surface area contributed by atoms with Crippen molar-refractivity contribution in [2.45, 2.75) is 59.9 Å². The Kier molecular flexibility index (Phi) is 9.02. The topological polar surface area (TPSA) is 100 Å². The van der Waals surface area contributed by atoms with E-state index in [9.17, 15) is 18.8 Å². The number of rotatable bonds is 10. The minimum absolute atomic E-state index is 0.105. The maximum Gasteiger partial charge on any atom is 0.274 e. The van der Waals surface area contributed by atoms with E-state index >= 15 is 0 Å². The molecule has 0 saturated heterocycles. The number of nitrogens with one attached hydrogen (secondary N) is 2. The molecular formula is C28H36FN5O3. The average molecular weight is 510 g/mol. The van der Waals surface area contributed by atoms with Crippen LogP contribution in [0.4, 0.5) is 10.1 Å². The molecule has 0 aliphatic carbocycles. The molecule has 0 atom stereocenters. The Morgan fingerprint density at radius 1 is 1.24 bits per heavy atom. The summed E-state index contributed by atoms with van der Waals surface area (Å²) in [4.78, 5) is 46.3. The van der Waals surface area contributed by atoms with Crippen molar-refractivity contribution >= 4 is 28.5 Å². The molecule has 9 heteroatoms. The van der Waals surface area contributed by atoms with Crippen molar-refractivity contribution in [2.24, 2.45) is 5.92 Å². The number of aryl methyl sites for hydroxylation is 2. The zero-order valence-electron chi connectivity index (χ0n) is 22.4. The number of hydrogen-bond acceptors (Lipinski definition) is 4. The van der Waals surface area contributed by atoms with E-state index in [1.54, 1.807) is 36.9 Å². The van der Waals surface area contributed by atoms with E-state index in [-0.39, 0.29) is 47.8 Å². The first-order valence-corrected chi connectivity index (χ1v) is 12.5. The molecule has 3 heterocycles. The van der Waals surface area contributed by atoms with Crippen LogP contribution in [-0.2, 0) is 22.6 Å². The van der Waals surface area contributed by atoms with E-state index in [1.165, 1.54) is 17.2 Å². The van der Waals surface area contributed by atoms with Gasteiger partial charge in [0.25, 0.3) is 5.56 Å². The van der Waals surface area contributed by atoms with Crippen molar-refractivity contribution in [3.63, 3.8) is 0 Å². The van der Waals surface area contributed by atoms with Crippen molar-refractivity contribution in [3.8, 4) is 0 Å². The lowest BCUT2D eigenvalue weighted by Gasteiger charge is -2.13. The van der Waals surface area contributed by atoms with Gasteiger partial charge in [-0.25, -0.2) is 4.39 Å². The molecule has 198 valence electrons. The highest BCUT2D eigenvalue weighted by Crippen LogP contribution is 2.27. The van der Waals surface area contributed by atoms with Gasteiger partial charge in [0.1, 0.15) is 11.5 Å². The molecule has 8 nitrogen and oxygen atoms in total. The second kappa shape index (κ2) is 12.0. The molecule has 37 heavy (non-hydrogen) atoms. The number of aromatic nitrogens is 3. The molecule has 0 saturated carbocycles. The maximum atomic E-state index is 14.6. The van der Waals surface area contributed by atoms with Crippen LogP contribution in [0.15, 0.2) is 35.3 Å². The van der Waals surface area contributed by atoms with Gasteiger partial charge < -0.3 is 19.8 Å². The van der Waals surface area contributed by atoms with Gasteiger partial charge in [0.2, 0.25) is 11.8 Å². The molecule has 2 amide bonds. The maximum absolute atomic E-state index is 14.6. The molecule has 0 radical (unpaired) electrons. The van der Waals surface area contributed by atoms with E-state index in [0.29, 0.717) is 35.9 Å². The van der Waals surface area contributed by atoms with Crippen LogP contribution in [0.25, 0.3) is 11.0 Å². The van der Waals surface area contributed by atoms with Gasteiger partial charge >= 0.3 is 0 Å². The van der Waals surface area contributed by atoms with E-state index in [4.69, 9.17) is 0 Å². The number of carbonyl (C=O) groups excluding carboxylic acids is 2. The standard InChI is InChI=1S/C28H36FN5O3/c1-17(2)14-20-21(29)15-30-26-19(4)23(32-27(20)26)16-34-18(3)12-13-22(28(34)37)31-24(35)10-8-7-9-11-25(36)33(5)6/h9,11-13,15,17,32H,7-8,10,14,16H2,1-6H3,(H,31,35)/b11-9+. The second-order valence-electron chi connectivity index (χ2n) is 9.99. The third kappa shape index (κ3) is 6.72. The molecule has 0 unspecified atom stereocenters. The number of unbranched alkanes of at least 4 members (excludes halogenated alkanes) is 1. The summed E-state index contributed by atoms with van der Waals surface area (Å²) in [6.07, 6.45) is 6.42. The molecule has 3 aromatic heterocycles. The Balaban J connectivity index is 1.77. The minimum Gasteiger partial charge on any atom is -0.355 e. The molecule has 2 N–H and O–H groups in total.